The van der Waals surface area contributed by atoms with Crippen molar-refractivity contribution in [1.29, 1.82) is 0 Å². The van der Waals surface area contributed by atoms with Crippen molar-refractivity contribution in [1.82, 2.24) is 0 Å². The number of alkyl halides is 4. The van der Waals surface area contributed by atoms with Crippen LogP contribution in [0.25, 0.3) is 0 Å². The van der Waals surface area contributed by atoms with Gasteiger partial charge in [-0.2, -0.15) is 8.78 Å². The lowest BCUT2D eigenvalue weighted by atomic mass is 9.50. The number of benzene rings is 3. The van der Waals surface area contributed by atoms with E-state index in [9.17, 15) is 72.4 Å². The molecule has 25 nitrogen and oxygen atoms in total. The molecular weight excluding hydrogens is 1560 g/mol. The van der Waals surface area contributed by atoms with Crippen LogP contribution in [0.1, 0.15) is 161 Å². The number of hydrogen-bond donors (Lipinski definition) is 5. The number of carboxylic acid groups (broad SMARTS) is 1. The van der Waals surface area contributed by atoms with Crippen LogP contribution in [0, 0.1) is 71.0 Å². The smallest absolute Gasteiger partial charge is 0.374 e. The molecule has 21 aliphatic rings. The molecule has 21 fully saturated rings. The predicted molar refractivity (Wildman–Crippen MR) is 397 cm³/mol. The van der Waals surface area contributed by atoms with E-state index in [1.165, 1.54) is 14.7 Å². The first kappa shape index (κ1) is 80.8. The van der Waals surface area contributed by atoms with Crippen molar-refractivity contribution < 1.29 is 130 Å². The van der Waals surface area contributed by atoms with E-state index in [1.807, 2.05) is 0 Å². The van der Waals surface area contributed by atoms with Crippen molar-refractivity contribution in [3.63, 3.8) is 0 Å². The van der Waals surface area contributed by atoms with Crippen LogP contribution in [-0.2, 0) is 106 Å². The third-order valence-corrected chi connectivity index (χ3v) is 31.2. The van der Waals surface area contributed by atoms with E-state index in [0.717, 1.165) is 57.8 Å². The molecule has 3 aromatic carbocycles. The van der Waals surface area contributed by atoms with Gasteiger partial charge in [-0.1, -0.05) is 54.6 Å². The number of fused-ring (bicyclic) bond motifs is 3. The van der Waals surface area contributed by atoms with Gasteiger partial charge in [0.05, 0.1) is 67.9 Å². The number of rotatable bonds is 20. The number of carbonyl (C=O) groups excluding carboxylic acids is 8. The van der Waals surface area contributed by atoms with Crippen LogP contribution in [0.15, 0.2) is 106 Å². The Morgan fingerprint density at radius 1 is 0.417 bits per heavy atom. The summed E-state index contributed by atoms with van der Waals surface area (Å²) in [6, 6.07) is 32.2. The molecule has 622 valence electrons. The van der Waals surface area contributed by atoms with Gasteiger partial charge in [-0.25, -0.2) is 19.2 Å². The van der Waals surface area contributed by atoms with Crippen LogP contribution in [0.2, 0.25) is 0 Å². The van der Waals surface area contributed by atoms with E-state index < -0.39 is 92.1 Å². The van der Waals surface area contributed by atoms with Gasteiger partial charge < -0.3 is 77.6 Å². The molecule has 0 spiro atoms. The van der Waals surface area contributed by atoms with E-state index in [2.05, 4.69) is 91.0 Å². The zero-order valence-corrected chi connectivity index (χ0v) is 66.2. The molecule has 0 amide bonds. The largest absolute Gasteiger partial charge is 0.477 e. The van der Waals surface area contributed by atoms with Crippen LogP contribution in [-0.4, -0.2) is 204 Å². The number of esters is 8. The van der Waals surface area contributed by atoms with E-state index in [0.29, 0.717) is 103 Å². The maximum Gasteiger partial charge on any atom is 0.374 e. The number of halogens is 4. The molecule has 30 heteroatoms. The van der Waals surface area contributed by atoms with E-state index in [1.54, 1.807) is 0 Å². The summed E-state index contributed by atoms with van der Waals surface area (Å²) in [5, 5.41) is 51.3. The third-order valence-electron chi connectivity index (χ3n) is 28.6. The fourth-order valence-electron chi connectivity index (χ4n) is 26.4. The summed E-state index contributed by atoms with van der Waals surface area (Å²) in [6.07, 6.45) is 13.0. The van der Waals surface area contributed by atoms with Gasteiger partial charge >= 0.3 is 59.6 Å². The number of hydrogen-bond acceptors (Lipinski definition) is 24. The Hall–Kier alpha value is -6.60. The van der Waals surface area contributed by atoms with E-state index >= 15 is 0 Å². The highest BCUT2D eigenvalue weighted by atomic mass is 35.5. The minimum Gasteiger partial charge on any atom is -0.477 e. The lowest BCUT2D eigenvalue weighted by molar-refractivity contribution is -0.274. The molecule has 25 unspecified atom stereocenters. The third kappa shape index (κ3) is 15.8. The minimum absolute atomic E-state index is 0.000264. The molecule has 18 saturated carbocycles. The van der Waals surface area contributed by atoms with E-state index in [-0.39, 0.29) is 168 Å². The zero-order chi connectivity index (χ0) is 80.8. The molecule has 3 heterocycles. The number of carboxylic acids is 1. The second-order valence-electron chi connectivity index (χ2n) is 37.4. The molecule has 3 aromatic rings. The van der Waals surface area contributed by atoms with Gasteiger partial charge in [0.2, 0.25) is 0 Å². The van der Waals surface area contributed by atoms with Crippen molar-refractivity contribution in [3.05, 3.63) is 91.0 Å². The lowest BCUT2D eigenvalue weighted by Gasteiger charge is -2.63. The fraction of sp³-hybridized carbons (Fsp3) is 0.682. The van der Waals surface area contributed by atoms with Crippen molar-refractivity contribution >= 4 is 87.8 Å². The standard InChI is InChI=1S/2C22H27ClO8.C20H26O7.C18H15S.C3H4F2O2/c2*23-6-15(24)31-22-5-11-3-20(27,9-22)8-21(4-11,10-22)28-7-16(25)29-17-12-1-13-14(2-12)19(26)30-18(13)17;21-14(26-15-11-1-12-13(2-11)17(22)27-16(12)15)6-25-20-5-10-3-18(23,8-20)7-19(24,4-10)9-20;1-4-10-16(11-5-1)19(17-12-6-2-7-13-17)18-14-8-3-9-15-18;1-3(4,5)2(6)7/h2*11-14,17-18,27H,1-10H2;10-13,15-16,23-24H,1-9H2;1-15H;1H3,(H,6,7)/q;;;+1;. The molecular formula is C85H99Cl2F2O25S+. The van der Waals surface area contributed by atoms with Crippen LogP contribution < -0.4 is 0 Å². The first-order valence-corrected chi connectivity index (χ1v) is 42.9. The summed E-state index contributed by atoms with van der Waals surface area (Å²) >= 11 is 11.3. The Balaban J connectivity index is 0.000000109. The SMILES string of the molecule is CC(F)(F)C(=O)O.O=C(COC12CC3CC(O)(C1)CC(OC(=O)CCl)(C3)C2)OC1C2CC3C(=O)OC1C3C2.O=C(COC12CC3CC(O)(C1)CC(OC(=O)CCl)(C3)C2)OC1C2CC3C(=O)OC1C3C2.O=C(COC12CC3CC(O)(CC(O)(C3)C1)C2)OC1C2CC3C(=O)OC1C3C2.c1ccc([S+](c2ccccc2)c2ccccc2)cc1. The maximum atomic E-state index is 12.7. The highest BCUT2D eigenvalue weighted by Crippen LogP contribution is 2.66. The summed E-state index contributed by atoms with van der Waals surface area (Å²) in [6.45, 7) is -0.327. The Bertz CT molecular complexity index is 4050. The zero-order valence-electron chi connectivity index (χ0n) is 63.9. The molecule has 18 aliphatic carbocycles. The van der Waals surface area contributed by atoms with Gasteiger partial charge in [-0.05, 0) is 150 Å². The van der Waals surface area contributed by atoms with Gasteiger partial charge in [-0.15, -0.1) is 23.2 Å². The Kier molecular flexibility index (Phi) is 21.1. The second kappa shape index (κ2) is 30.0. The second-order valence-corrected chi connectivity index (χ2v) is 40.0. The number of aliphatic carboxylic acids is 1. The minimum atomic E-state index is -3.58. The number of ether oxygens (including phenoxy) is 11. The lowest BCUT2D eigenvalue weighted by Crippen LogP contribution is -2.67. The maximum absolute atomic E-state index is 12.7. The van der Waals surface area contributed by atoms with Crippen molar-refractivity contribution in [2.75, 3.05) is 31.6 Å². The fourth-order valence-corrected chi connectivity index (χ4v) is 28.6. The van der Waals surface area contributed by atoms with Gasteiger partial charge in [0.25, 0.3) is 0 Å². The van der Waals surface area contributed by atoms with E-state index in [4.69, 9.17) is 80.4 Å². The average Bonchev–Trinajstić information content (AvgIpc) is 1.63. The normalized spacial score (nSPS) is 43.0. The Morgan fingerprint density at radius 3 is 0.965 bits per heavy atom. The van der Waals surface area contributed by atoms with Crippen LogP contribution in [0.4, 0.5) is 8.78 Å². The Labute approximate surface area is 676 Å². The first-order chi connectivity index (χ1) is 54.6. The molecule has 18 bridgehead atoms. The summed E-state index contributed by atoms with van der Waals surface area (Å²) < 4.78 is 85.6. The molecule has 3 saturated heterocycles. The van der Waals surface area contributed by atoms with Crippen LogP contribution in [0.5, 0.6) is 0 Å². The molecule has 3 aliphatic heterocycles. The van der Waals surface area contributed by atoms with Crippen molar-refractivity contribution in [3.8, 4) is 0 Å². The highest BCUT2D eigenvalue weighted by molar-refractivity contribution is 7.97. The highest BCUT2D eigenvalue weighted by Gasteiger charge is 2.71. The average molecular weight is 1660 g/mol. The topological polar surface area (TPSA) is 356 Å². The molecule has 24 rings (SSSR count). The summed E-state index contributed by atoms with van der Waals surface area (Å²) in [4.78, 5) is 111. The number of carbonyl (C=O) groups is 9. The van der Waals surface area contributed by atoms with Crippen molar-refractivity contribution in [2.24, 2.45) is 71.0 Å². The first-order valence-electron chi connectivity index (χ1n) is 40.6. The van der Waals surface area contributed by atoms with Gasteiger partial charge in [-0.3, -0.25) is 24.0 Å². The summed E-state index contributed by atoms with van der Waals surface area (Å²) in [5.41, 5.74) is -7.35. The summed E-state index contributed by atoms with van der Waals surface area (Å²) in [5.74, 6) is -7.38. The molecule has 115 heavy (non-hydrogen) atoms. The monoisotopic (exact) mass is 1660 g/mol. The van der Waals surface area contributed by atoms with Crippen LogP contribution in [0.3, 0.4) is 0 Å². The van der Waals surface area contributed by atoms with Gasteiger partial charge in [0, 0.05) is 100 Å². The molecule has 25 atom stereocenters. The predicted octanol–water partition coefficient (Wildman–Crippen LogP) is 9.17. The van der Waals surface area contributed by atoms with Gasteiger partial charge in [0.1, 0.15) is 79.4 Å². The Morgan fingerprint density at radius 2 is 0.687 bits per heavy atom. The van der Waals surface area contributed by atoms with Crippen molar-refractivity contribution in [2.45, 2.75) is 269 Å². The van der Waals surface area contributed by atoms with Gasteiger partial charge in [0.15, 0.2) is 14.7 Å². The molecule has 0 radical (unpaired) electrons. The van der Waals surface area contributed by atoms with Crippen LogP contribution >= 0.6 is 23.2 Å². The molecule has 5 N–H and O–H groups in total. The summed E-state index contributed by atoms with van der Waals surface area (Å²) in [7, 11) is -0.0146. The number of aliphatic hydroxyl groups is 4. The quantitative estimate of drug-likeness (QED) is 0.0304. The molecule has 0 aromatic heterocycles.